The highest BCUT2D eigenvalue weighted by molar-refractivity contribution is 5.85. The lowest BCUT2D eigenvalue weighted by molar-refractivity contribution is -0.131. The van der Waals surface area contributed by atoms with Crippen molar-refractivity contribution in [2.75, 3.05) is 0 Å². The zero-order valence-corrected chi connectivity index (χ0v) is 11.6. The van der Waals surface area contributed by atoms with E-state index < -0.39 is 5.97 Å². The molecule has 0 amide bonds. The quantitative estimate of drug-likeness (QED) is 0.870. The van der Waals surface area contributed by atoms with Crippen LogP contribution in [0.2, 0.25) is 0 Å². The summed E-state index contributed by atoms with van der Waals surface area (Å²) < 4.78 is 18.7. The van der Waals surface area contributed by atoms with Crippen molar-refractivity contribution < 1.29 is 19.0 Å². The maximum Gasteiger partial charge on any atom is 0.328 e. The summed E-state index contributed by atoms with van der Waals surface area (Å²) >= 11 is 0. The first-order chi connectivity index (χ1) is 9.95. The smallest absolute Gasteiger partial charge is 0.328 e. The van der Waals surface area contributed by atoms with Crippen molar-refractivity contribution in [3.8, 4) is 11.6 Å². The average Bonchev–Trinajstić information content (AvgIpc) is 2.42. The fourth-order valence-electron chi connectivity index (χ4n) is 1.78. The summed E-state index contributed by atoms with van der Waals surface area (Å²) in [5.74, 6) is -0.411. The molecule has 0 atom stereocenters. The molecule has 0 aliphatic rings. The van der Waals surface area contributed by atoms with E-state index in [1.54, 1.807) is 26.0 Å². The highest BCUT2D eigenvalue weighted by Gasteiger charge is 2.07. The van der Waals surface area contributed by atoms with Crippen molar-refractivity contribution in [3.63, 3.8) is 0 Å². The van der Waals surface area contributed by atoms with Crippen LogP contribution < -0.4 is 4.74 Å². The molecule has 0 bridgehead atoms. The van der Waals surface area contributed by atoms with Gasteiger partial charge in [-0.2, -0.15) is 0 Å². The van der Waals surface area contributed by atoms with Crippen LogP contribution in [-0.4, -0.2) is 16.1 Å². The molecule has 1 heterocycles. The Bertz CT molecular complexity index is 711. The van der Waals surface area contributed by atoms with E-state index in [2.05, 4.69) is 4.98 Å². The predicted molar refractivity (Wildman–Crippen MR) is 76.9 cm³/mol. The first-order valence-electron chi connectivity index (χ1n) is 6.27. The molecule has 5 heteroatoms. The van der Waals surface area contributed by atoms with Crippen molar-refractivity contribution in [1.29, 1.82) is 0 Å². The topological polar surface area (TPSA) is 59.4 Å². The number of pyridine rings is 1. The fourth-order valence-corrected chi connectivity index (χ4v) is 1.78. The molecule has 0 unspecified atom stereocenters. The summed E-state index contributed by atoms with van der Waals surface area (Å²) in [6.45, 7) is 3.55. The van der Waals surface area contributed by atoms with Gasteiger partial charge >= 0.3 is 5.97 Å². The third-order valence-electron chi connectivity index (χ3n) is 2.81. The van der Waals surface area contributed by atoms with Crippen LogP contribution in [0.3, 0.4) is 0 Å². The van der Waals surface area contributed by atoms with E-state index in [9.17, 15) is 9.18 Å². The highest BCUT2D eigenvalue weighted by Crippen LogP contribution is 2.26. The number of halogens is 1. The number of hydrogen-bond donors (Lipinski definition) is 1. The molecule has 0 saturated carbocycles. The van der Waals surface area contributed by atoms with E-state index in [-0.39, 0.29) is 5.82 Å². The monoisotopic (exact) mass is 287 g/mol. The van der Waals surface area contributed by atoms with E-state index in [0.717, 1.165) is 11.6 Å². The van der Waals surface area contributed by atoms with E-state index in [1.165, 1.54) is 24.4 Å². The summed E-state index contributed by atoms with van der Waals surface area (Å²) in [5.41, 5.74) is 2.09. The van der Waals surface area contributed by atoms with Gasteiger partial charge in [-0.05, 0) is 55.3 Å². The van der Waals surface area contributed by atoms with E-state index in [4.69, 9.17) is 9.84 Å². The van der Waals surface area contributed by atoms with Crippen molar-refractivity contribution in [1.82, 2.24) is 4.98 Å². The second kappa shape index (κ2) is 6.17. The van der Waals surface area contributed by atoms with Crippen molar-refractivity contribution in [3.05, 3.63) is 59.0 Å². The molecule has 0 aliphatic heterocycles. The molecule has 0 aliphatic carbocycles. The second-order valence-electron chi connectivity index (χ2n) is 4.57. The molecule has 1 N–H and O–H groups in total. The third kappa shape index (κ3) is 3.89. The van der Waals surface area contributed by atoms with Gasteiger partial charge in [0.2, 0.25) is 5.88 Å². The number of ether oxygens (including phenoxy) is 1. The molecule has 0 spiro atoms. The van der Waals surface area contributed by atoms with Crippen LogP contribution in [0.5, 0.6) is 11.6 Å². The summed E-state index contributed by atoms with van der Waals surface area (Å²) in [5, 5.41) is 8.58. The van der Waals surface area contributed by atoms with Crippen LogP contribution >= 0.6 is 0 Å². The number of benzene rings is 1. The Balaban J connectivity index is 2.23. The van der Waals surface area contributed by atoms with Gasteiger partial charge in [0.1, 0.15) is 11.6 Å². The number of aliphatic carboxylic acids is 1. The normalized spacial score (nSPS) is 10.8. The van der Waals surface area contributed by atoms with Gasteiger partial charge in [-0.25, -0.2) is 14.2 Å². The van der Waals surface area contributed by atoms with Gasteiger partial charge in [0.25, 0.3) is 0 Å². The summed E-state index contributed by atoms with van der Waals surface area (Å²) in [7, 11) is 0. The number of nitrogens with zero attached hydrogens (tertiary/aromatic N) is 1. The molecule has 0 radical (unpaired) electrons. The number of aromatic nitrogens is 1. The highest BCUT2D eigenvalue weighted by atomic mass is 19.1. The summed E-state index contributed by atoms with van der Waals surface area (Å²) in [6.07, 6.45) is 4.01. The largest absolute Gasteiger partial charge is 0.478 e. The minimum atomic E-state index is -1.02. The Hall–Kier alpha value is -2.69. The molecule has 2 rings (SSSR count). The van der Waals surface area contributed by atoms with E-state index in [1.807, 2.05) is 0 Å². The molecule has 2 aromatic rings. The molecule has 1 aromatic heterocycles. The zero-order chi connectivity index (χ0) is 15.4. The maximum absolute atomic E-state index is 13.0. The van der Waals surface area contributed by atoms with Gasteiger partial charge in [0.05, 0.1) is 0 Å². The Kier molecular flexibility index (Phi) is 4.33. The first-order valence-corrected chi connectivity index (χ1v) is 6.27. The third-order valence-corrected chi connectivity index (χ3v) is 2.81. The Labute approximate surface area is 121 Å². The van der Waals surface area contributed by atoms with Gasteiger partial charge in [0.15, 0.2) is 0 Å². The van der Waals surface area contributed by atoms with Gasteiger partial charge in [-0.15, -0.1) is 0 Å². The average molecular weight is 287 g/mol. The van der Waals surface area contributed by atoms with Gasteiger partial charge < -0.3 is 9.84 Å². The number of carboxylic acid groups (broad SMARTS) is 1. The van der Waals surface area contributed by atoms with Gasteiger partial charge in [-0.1, -0.05) is 0 Å². The SMILES string of the molecule is Cc1cc(F)ccc1Oc1ncc(/C=C/C(=O)O)cc1C. The fraction of sp³-hybridized carbons (Fsp3) is 0.125. The van der Waals surface area contributed by atoms with Gasteiger partial charge in [-0.3, -0.25) is 0 Å². The second-order valence-corrected chi connectivity index (χ2v) is 4.57. The number of hydrogen-bond acceptors (Lipinski definition) is 3. The van der Waals surface area contributed by atoms with Crippen LogP contribution in [0.1, 0.15) is 16.7 Å². The van der Waals surface area contributed by atoms with Crippen molar-refractivity contribution in [2.24, 2.45) is 0 Å². The first kappa shape index (κ1) is 14.7. The lowest BCUT2D eigenvalue weighted by Crippen LogP contribution is -1.94. The lowest BCUT2D eigenvalue weighted by Gasteiger charge is -2.10. The molecule has 1 aromatic carbocycles. The number of carboxylic acids is 1. The van der Waals surface area contributed by atoms with Crippen LogP contribution in [0.4, 0.5) is 4.39 Å². The van der Waals surface area contributed by atoms with Crippen molar-refractivity contribution >= 4 is 12.0 Å². The minimum absolute atomic E-state index is 0.321. The number of carbonyl (C=O) groups is 1. The molecular weight excluding hydrogens is 273 g/mol. The molecule has 0 fully saturated rings. The molecule has 108 valence electrons. The molecule has 21 heavy (non-hydrogen) atoms. The predicted octanol–water partition coefficient (Wildman–Crippen LogP) is 3.73. The minimum Gasteiger partial charge on any atom is -0.478 e. The van der Waals surface area contributed by atoms with Crippen LogP contribution in [0.25, 0.3) is 6.08 Å². The van der Waals surface area contributed by atoms with Crippen LogP contribution in [0.15, 0.2) is 36.5 Å². The zero-order valence-electron chi connectivity index (χ0n) is 11.6. The van der Waals surface area contributed by atoms with Crippen LogP contribution in [-0.2, 0) is 4.79 Å². The Morgan fingerprint density at radius 3 is 2.67 bits per heavy atom. The maximum atomic E-state index is 13.0. The molecule has 0 saturated heterocycles. The van der Waals surface area contributed by atoms with Gasteiger partial charge in [0, 0.05) is 17.8 Å². The number of aryl methyl sites for hydroxylation is 2. The molecular formula is C16H14FNO3. The standard InChI is InChI=1S/C16H14FNO3/c1-10-8-13(17)4-5-14(10)21-16-11(2)7-12(9-18-16)3-6-15(19)20/h3-9H,1-2H3,(H,19,20)/b6-3+. The van der Waals surface area contributed by atoms with Crippen molar-refractivity contribution in [2.45, 2.75) is 13.8 Å². The number of rotatable bonds is 4. The van der Waals surface area contributed by atoms with Crippen LogP contribution in [0, 0.1) is 19.7 Å². The summed E-state index contributed by atoms with van der Waals surface area (Å²) in [4.78, 5) is 14.6. The Morgan fingerprint density at radius 1 is 1.29 bits per heavy atom. The molecule has 4 nitrogen and oxygen atoms in total. The summed E-state index contributed by atoms with van der Waals surface area (Å²) in [6, 6.07) is 6.01. The van der Waals surface area contributed by atoms with E-state index >= 15 is 0 Å². The Morgan fingerprint density at radius 2 is 2.05 bits per heavy atom. The lowest BCUT2D eigenvalue weighted by atomic mass is 10.2. The van der Waals surface area contributed by atoms with E-state index in [0.29, 0.717) is 22.8 Å².